The Labute approximate surface area is 191 Å². The van der Waals surface area contributed by atoms with Crippen molar-refractivity contribution in [2.75, 3.05) is 17.8 Å². The van der Waals surface area contributed by atoms with Crippen LogP contribution in [0.1, 0.15) is 60.5 Å². The van der Waals surface area contributed by atoms with Crippen molar-refractivity contribution in [3.8, 4) is 0 Å². The second-order valence-electron chi connectivity index (χ2n) is 8.36. The molecule has 1 unspecified atom stereocenters. The van der Waals surface area contributed by atoms with E-state index in [2.05, 4.69) is 10.4 Å². The molecule has 4 rings (SSSR count). The molecule has 1 aliphatic carbocycles. The highest BCUT2D eigenvalue weighted by atomic mass is 32.2. The van der Waals surface area contributed by atoms with Crippen molar-refractivity contribution in [1.29, 1.82) is 0 Å². The molecule has 2 aromatic rings. The van der Waals surface area contributed by atoms with E-state index in [1.807, 2.05) is 30.5 Å². The maximum absolute atomic E-state index is 13.7. The highest BCUT2D eigenvalue weighted by molar-refractivity contribution is 7.98. The Morgan fingerprint density at radius 3 is 2.72 bits per heavy atom. The lowest BCUT2D eigenvalue weighted by Gasteiger charge is -2.43. The summed E-state index contributed by atoms with van der Waals surface area (Å²) in [6, 6.07) is 9.13. The molecule has 1 saturated carbocycles. The molecule has 0 saturated heterocycles. The summed E-state index contributed by atoms with van der Waals surface area (Å²) in [5.41, 5.74) is -0.250. The molecule has 1 fully saturated rings. The number of rotatable bonds is 6. The van der Waals surface area contributed by atoms with Crippen molar-refractivity contribution < 1.29 is 19.1 Å². The molecule has 8 nitrogen and oxygen atoms in total. The zero-order chi connectivity index (χ0) is 22.9. The number of carbonyl (C=O) groups is 3. The highest BCUT2D eigenvalue weighted by Gasteiger charge is 2.49. The maximum atomic E-state index is 13.7. The van der Waals surface area contributed by atoms with Crippen LogP contribution < -0.4 is 10.2 Å². The standard InChI is InChI=1S/C23H28N4O4S/c1-4-31-21(29)18-13-19-20(28)27(16-10-7-11-17(12-16)32-3)23(2,14-26(19)25-18)22(30)24-15-8-5-6-9-15/h7,10-13,15H,4-6,8-9,14H2,1-3H3,(H,24,30). The number of fused-ring (bicyclic) bond motifs is 1. The molecule has 1 N–H and O–H groups in total. The van der Waals surface area contributed by atoms with Crippen LogP contribution in [0.15, 0.2) is 35.2 Å². The molecule has 0 spiro atoms. The summed E-state index contributed by atoms with van der Waals surface area (Å²) >= 11 is 1.56. The monoisotopic (exact) mass is 456 g/mol. The lowest BCUT2D eigenvalue weighted by Crippen LogP contribution is -2.65. The summed E-state index contributed by atoms with van der Waals surface area (Å²) in [5, 5.41) is 7.45. The zero-order valence-corrected chi connectivity index (χ0v) is 19.4. The Morgan fingerprint density at radius 1 is 1.28 bits per heavy atom. The molecule has 2 aliphatic rings. The second kappa shape index (κ2) is 8.97. The number of thioether (sulfide) groups is 1. The average molecular weight is 457 g/mol. The molecular weight excluding hydrogens is 428 g/mol. The van der Waals surface area contributed by atoms with Gasteiger partial charge in [0.15, 0.2) is 5.69 Å². The van der Waals surface area contributed by atoms with E-state index in [9.17, 15) is 14.4 Å². The van der Waals surface area contributed by atoms with E-state index in [-0.39, 0.29) is 42.4 Å². The van der Waals surface area contributed by atoms with E-state index >= 15 is 0 Å². The number of anilines is 1. The summed E-state index contributed by atoms with van der Waals surface area (Å²) < 4.78 is 6.51. The first kappa shape index (κ1) is 22.4. The van der Waals surface area contributed by atoms with Gasteiger partial charge in [-0.1, -0.05) is 18.9 Å². The zero-order valence-electron chi connectivity index (χ0n) is 18.6. The predicted molar refractivity (Wildman–Crippen MR) is 122 cm³/mol. The topological polar surface area (TPSA) is 93.5 Å². The van der Waals surface area contributed by atoms with Crippen LogP contribution in [-0.4, -0.2) is 52.0 Å². The van der Waals surface area contributed by atoms with Crippen LogP contribution in [0.5, 0.6) is 0 Å². The minimum absolute atomic E-state index is 0.0634. The third kappa shape index (κ3) is 4.01. The van der Waals surface area contributed by atoms with Crippen molar-refractivity contribution >= 4 is 35.2 Å². The largest absolute Gasteiger partial charge is 0.461 e. The number of esters is 1. The molecule has 1 aromatic heterocycles. The van der Waals surface area contributed by atoms with E-state index in [4.69, 9.17) is 4.74 Å². The Bertz CT molecular complexity index is 1050. The Balaban J connectivity index is 1.77. The van der Waals surface area contributed by atoms with E-state index in [1.165, 1.54) is 10.7 Å². The number of ether oxygens (including phenoxy) is 1. The van der Waals surface area contributed by atoms with Gasteiger partial charge in [-0.15, -0.1) is 11.8 Å². The van der Waals surface area contributed by atoms with E-state index in [0.717, 1.165) is 30.6 Å². The van der Waals surface area contributed by atoms with Gasteiger partial charge >= 0.3 is 5.97 Å². The summed E-state index contributed by atoms with van der Waals surface area (Å²) in [7, 11) is 0. The smallest absolute Gasteiger partial charge is 0.358 e. The van der Waals surface area contributed by atoms with Crippen LogP contribution in [0.3, 0.4) is 0 Å². The number of nitrogens with one attached hydrogen (secondary N) is 1. The quantitative estimate of drug-likeness (QED) is 0.530. The van der Waals surface area contributed by atoms with Crippen LogP contribution >= 0.6 is 11.8 Å². The molecular formula is C23H28N4O4S. The van der Waals surface area contributed by atoms with Crippen LogP contribution in [0.2, 0.25) is 0 Å². The molecule has 170 valence electrons. The molecule has 1 aliphatic heterocycles. The molecule has 0 radical (unpaired) electrons. The third-order valence-electron chi connectivity index (χ3n) is 6.13. The summed E-state index contributed by atoms with van der Waals surface area (Å²) in [6.45, 7) is 3.82. The fourth-order valence-electron chi connectivity index (χ4n) is 4.45. The number of nitrogens with zero attached hydrogens (tertiary/aromatic N) is 3. The number of amides is 2. The number of aromatic nitrogens is 2. The van der Waals surface area contributed by atoms with Gasteiger partial charge < -0.3 is 10.1 Å². The minimum Gasteiger partial charge on any atom is -0.461 e. The van der Waals surface area contributed by atoms with E-state index in [0.29, 0.717) is 5.69 Å². The van der Waals surface area contributed by atoms with Gasteiger partial charge in [0.05, 0.1) is 13.2 Å². The van der Waals surface area contributed by atoms with E-state index in [1.54, 1.807) is 30.5 Å². The second-order valence-corrected chi connectivity index (χ2v) is 9.24. The van der Waals surface area contributed by atoms with Gasteiger partial charge in [-0.2, -0.15) is 5.10 Å². The van der Waals surface area contributed by atoms with Crippen molar-refractivity contribution in [1.82, 2.24) is 15.1 Å². The SMILES string of the molecule is CCOC(=O)c1cc2n(n1)CC(C)(C(=O)NC1CCCC1)N(c1cccc(SC)c1)C2=O. The van der Waals surface area contributed by atoms with Crippen molar-refractivity contribution in [2.45, 2.75) is 62.6 Å². The van der Waals surface area contributed by atoms with Crippen molar-refractivity contribution in [2.24, 2.45) is 0 Å². The number of hydrogen-bond donors (Lipinski definition) is 1. The summed E-state index contributed by atoms with van der Waals surface area (Å²) in [6.07, 6.45) is 6.03. The summed E-state index contributed by atoms with van der Waals surface area (Å²) in [5.74, 6) is -1.18. The fourth-order valence-corrected chi connectivity index (χ4v) is 4.90. The molecule has 2 amide bonds. The lowest BCUT2D eigenvalue weighted by atomic mass is 9.93. The number of carbonyl (C=O) groups excluding carboxylic acids is 3. The van der Waals surface area contributed by atoms with Gasteiger partial charge in [0.25, 0.3) is 5.91 Å². The van der Waals surface area contributed by atoms with Gasteiger partial charge in [0.1, 0.15) is 11.2 Å². The predicted octanol–water partition coefficient (Wildman–Crippen LogP) is 3.26. The van der Waals surface area contributed by atoms with Crippen LogP contribution in [0.4, 0.5) is 5.69 Å². The Morgan fingerprint density at radius 2 is 2.03 bits per heavy atom. The van der Waals surface area contributed by atoms with Gasteiger partial charge in [0, 0.05) is 22.7 Å². The number of hydrogen-bond acceptors (Lipinski definition) is 6. The van der Waals surface area contributed by atoms with Crippen LogP contribution in [-0.2, 0) is 16.1 Å². The highest BCUT2D eigenvalue weighted by Crippen LogP contribution is 2.35. The molecule has 32 heavy (non-hydrogen) atoms. The van der Waals surface area contributed by atoms with Crippen LogP contribution in [0, 0.1) is 0 Å². The molecule has 9 heteroatoms. The maximum Gasteiger partial charge on any atom is 0.358 e. The molecule has 1 atom stereocenters. The van der Waals surface area contributed by atoms with Gasteiger partial charge in [-0.05, 0) is 51.1 Å². The molecule has 0 bridgehead atoms. The molecule has 2 heterocycles. The lowest BCUT2D eigenvalue weighted by molar-refractivity contribution is -0.127. The summed E-state index contributed by atoms with van der Waals surface area (Å²) in [4.78, 5) is 42.0. The Hall–Kier alpha value is -2.81. The third-order valence-corrected chi connectivity index (χ3v) is 6.85. The average Bonchev–Trinajstić information content (AvgIpc) is 3.44. The van der Waals surface area contributed by atoms with Crippen molar-refractivity contribution in [3.05, 3.63) is 41.7 Å². The van der Waals surface area contributed by atoms with Gasteiger partial charge in [0.2, 0.25) is 5.91 Å². The molecule has 1 aromatic carbocycles. The fraction of sp³-hybridized carbons (Fsp3) is 0.478. The minimum atomic E-state index is -1.21. The first-order chi connectivity index (χ1) is 15.4. The Kier molecular flexibility index (Phi) is 6.28. The van der Waals surface area contributed by atoms with Crippen LogP contribution in [0.25, 0.3) is 0 Å². The first-order valence-electron chi connectivity index (χ1n) is 10.9. The van der Waals surface area contributed by atoms with Gasteiger partial charge in [-0.25, -0.2) is 4.79 Å². The van der Waals surface area contributed by atoms with Crippen molar-refractivity contribution in [3.63, 3.8) is 0 Å². The van der Waals surface area contributed by atoms with Gasteiger partial charge in [-0.3, -0.25) is 19.2 Å². The first-order valence-corrected chi connectivity index (χ1v) is 12.1. The van der Waals surface area contributed by atoms with E-state index < -0.39 is 11.5 Å². The number of benzene rings is 1. The normalized spacial score (nSPS) is 20.8.